The van der Waals surface area contributed by atoms with Gasteiger partial charge in [0.1, 0.15) is 0 Å². The van der Waals surface area contributed by atoms with E-state index in [0.29, 0.717) is 5.89 Å². The Morgan fingerprint density at radius 1 is 1.19 bits per heavy atom. The molecule has 0 aromatic carbocycles. The van der Waals surface area contributed by atoms with Crippen LogP contribution >= 0.6 is 23.1 Å². The lowest BCUT2D eigenvalue weighted by molar-refractivity contribution is 0.373. The molecule has 0 bridgehead atoms. The van der Waals surface area contributed by atoms with Crippen molar-refractivity contribution >= 4 is 28.2 Å². The van der Waals surface area contributed by atoms with Gasteiger partial charge < -0.3 is 9.42 Å². The second-order valence-corrected chi connectivity index (χ2v) is 7.99. The van der Waals surface area contributed by atoms with E-state index in [-0.39, 0.29) is 11.2 Å². The van der Waals surface area contributed by atoms with Crippen LogP contribution in [0.1, 0.15) is 56.5 Å². The molecule has 1 atom stereocenters. The third-order valence-electron chi connectivity index (χ3n) is 3.37. The van der Waals surface area contributed by atoms with Crippen LogP contribution in [0, 0.1) is 0 Å². The number of anilines is 1. The largest absolute Gasteiger partial charge is 0.347 e. The smallest absolute Gasteiger partial charge is 0.239 e. The molecule has 2 aromatic heterocycles. The molecule has 0 amide bonds. The molecule has 2 aromatic rings. The third kappa shape index (κ3) is 3.37. The first-order valence-electron chi connectivity index (χ1n) is 7.22. The first kappa shape index (κ1) is 14.8. The van der Waals surface area contributed by atoms with Gasteiger partial charge in [0.25, 0.3) is 0 Å². The van der Waals surface area contributed by atoms with Crippen molar-refractivity contribution in [3.63, 3.8) is 0 Å². The van der Waals surface area contributed by atoms with Crippen LogP contribution in [-0.4, -0.2) is 33.4 Å². The Bertz CT molecular complexity index is 591. The average molecular weight is 325 g/mol. The van der Waals surface area contributed by atoms with E-state index in [0.717, 1.165) is 28.4 Å². The van der Waals surface area contributed by atoms with Gasteiger partial charge >= 0.3 is 0 Å². The predicted molar refractivity (Wildman–Crippen MR) is 84.0 cm³/mol. The molecule has 0 N–H and O–H groups in total. The van der Waals surface area contributed by atoms with Gasteiger partial charge in [-0.3, -0.25) is 0 Å². The predicted octanol–water partition coefficient (Wildman–Crippen LogP) is 3.50. The monoisotopic (exact) mass is 325 g/mol. The van der Waals surface area contributed by atoms with E-state index < -0.39 is 0 Å². The van der Waals surface area contributed by atoms with Crippen molar-refractivity contribution in [2.24, 2.45) is 0 Å². The van der Waals surface area contributed by atoms with E-state index in [1.807, 2.05) is 0 Å². The van der Waals surface area contributed by atoms with Crippen molar-refractivity contribution in [2.75, 3.05) is 18.0 Å². The van der Waals surface area contributed by atoms with Crippen LogP contribution in [0.5, 0.6) is 0 Å². The molecule has 1 aliphatic heterocycles. The van der Waals surface area contributed by atoms with Crippen molar-refractivity contribution in [3.8, 4) is 0 Å². The molecule has 1 aliphatic rings. The van der Waals surface area contributed by atoms with Crippen LogP contribution in [0.25, 0.3) is 0 Å². The number of thioether (sulfide) groups is 1. The summed E-state index contributed by atoms with van der Waals surface area (Å²) in [6.07, 6.45) is 2.50. The van der Waals surface area contributed by atoms with Crippen LogP contribution in [0.4, 0.5) is 5.13 Å². The fraction of sp³-hybridized carbons (Fsp3) is 0.692. The highest BCUT2D eigenvalue weighted by atomic mass is 32.2. The van der Waals surface area contributed by atoms with E-state index in [1.165, 1.54) is 12.8 Å². The van der Waals surface area contributed by atoms with Gasteiger partial charge in [-0.2, -0.15) is 4.98 Å². The fourth-order valence-corrected chi connectivity index (χ4v) is 4.20. The zero-order valence-electron chi connectivity index (χ0n) is 12.4. The number of aromatic nitrogens is 4. The van der Waals surface area contributed by atoms with Crippen molar-refractivity contribution in [1.29, 1.82) is 0 Å². The summed E-state index contributed by atoms with van der Waals surface area (Å²) in [7, 11) is 0. The first-order chi connectivity index (χ1) is 10.1. The van der Waals surface area contributed by atoms with Crippen molar-refractivity contribution in [3.05, 3.63) is 11.7 Å². The van der Waals surface area contributed by atoms with Crippen molar-refractivity contribution < 1.29 is 4.52 Å². The minimum atomic E-state index is 0.0874. The lowest BCUT2D eigenvalue weighted by Gasteiger charge is -2.11. The molecule has 1 saturated heterocycles. The minimum Gasteiger partial charge on any atom is -0.347 e. The van der Waals surface area contributed by atoms with E-state index in [1.54, 1.807) is 23.1 Å². The van der Waals surface area contributed by atoms with Crippen molar-refractivity contribution in [2.45, 2.75) is 49.1 Å². The van der Waals surface area contributed by atoms with Gasteiger partial charge in [-0.05, 0) is 19.8 Å². The molecule has 3 rings (SSSR count). The van der Waals surface area contributed by atoms with E-state index in [9.17, 15) is 0 Å². The SMILES string of the molecule is CC(C)c1noc(C(C)Sc2nnc(N3CCCC3)s2)n1. The lowest BCUT2D eigenvalue weighted by Crippen LogP contribution is -2.17. The number of nitrogens with zero attached hydrogens (tertiary/aromatic N) is 5. The Balaban J connectivity index is 1.65. The zero-order valence-corrected chi connectivity index (χ0v) is 14.1. The quantitative estimate of drug-likeness (QED) is 0.779. The first-order valence-corrected chi connectivity index (χ1v) is 8.91. The molecule has 0 saturated carbocycles. The Morgan fingerprint density at radius 2 is 1.95 bits per heavy atom. The van der Waals surface area contributed by atoms with Crippen LogP contribution in [0.15, 0.2) is 8.86 Å². The number of rotatable bonds is 5. The number of hydrogen-bond acceptors (Lipinski definition) is 8. The molecule has 21 heavy (non-hydrogen) atoms. The molecule has 0 aliphatic carbocycles. The molecule has 1 fully saturated rings. The van der Waals surface area contributed by atoms with Crippen LogP contribution in [0.2, 0.25) is 0 Å². The highest BCUT2D eigenvalue weighted by molar-refractivity contribution is 8.01. The summed E-state index contributed by atoms with van der Waals surface area (Å²) < 4.78 is 6.28. The molecule has 0 spiro atoms. The summed E-state index contributed by atoms with van der Waals surface area (Å²) in [6, 6.07) is 0. The Hall–Kier alpha value is -1.15. The summed E-state index contributed by atoms with van der Waals surface area (Å²) in [6.45, 7) is 8.35. The molecular weight excluding hydrogens is 306 g/mol. The third-order valence-corrected chi connectivity index (χ3v) is 5.53. The second-order valence-electron chi connectivity index (χ2n) is 5.45. The van der Waals surface area contributed by atoms with Gasteiger partial charge in [0.2, 0.25) is 11.0 Å². The lowest BCUT2D eigenvalue weighted by atomic mass is 10.2. The van der Waals surface area contributed by atoms with Crippen LogP contribution < -0.4 is 4.90 Å². The summed E-state index contributed by atoms with van der Waals surface area (Å²) in [5.74, 6) is 1.69. The van der Waals surface area contributed by atoms with Gasteiger partial charge in [-0.1, -0.05) is 42.1 Å². The van der Waals surface area contributed by atoms with Crippen LogP contribution in [-0.2, 0) is 0 Å². The zero-order chi connectivity index (χ0) is 14.8. The fourth-order valence-electron chi connectivity index (χ4n) is 2.13. The molecule has 1 unspecified atom stereocenters. The maximum absolute atomic E-state index is 5.33. The molecule has 3 heterocycles. The highest BCUT2D eigenvalue weighted by Gasteiger charge is 2.21. The van der Waals surface area contributed by atoms with E-state index in [4.69, 9.17) is 4.52 Å². The molecule has 0 radical (unpaired) electrons. The summed E-state index contributed by atoms with van der Waals surface area (Å²) in [5.41, 5.74) is 0. The van der Waals surface area contributed by atoms with E-state index in [2.05, 4.69) is 46.0 Å². The Kier molecular flexibility index (Phi) is 4.44. The normalized spacial score (nSPS) is 16.9. The molecule has 6 nitrogen and oxygen atoms in total. The van der Waals surface area contributed by atoms with Gasteiger partial charge in [-0.15, -0.1) is 10.2 Å². The molecular formula is C13H19N5OS2. The molecule has 114 valence electrons. The molecule has 8 heteroatoms. The Morgan fingerprint density at radius 3 is 2.62 bits per heavy atom. The average Bonchev–Trinajstić information content (AvgIpc) is 3.19. The topological polar surface area (TPSA) is 67.9 Å². The summed E-state index contributed by atoms with van der Waals surface area (Å²) in [4.78, 5) is 6.74. The number of hydrogen-bond donors (Lipinski definition) is 0. The van der Waals surface area contributed by atoms with Crippen molar-refractivity contribution in [1.82, 2.24) is 20.3 Å². The highest BCUT2D eigenvalue weighted by Crippen LogP contribution is 2.38. The van der Waals surface area contributed by atoms with Gasteiger partial charge in [0.05, 0.1) is 5.25 Å². The minimum absolute atomic E-state index is 0.0874. The maximum atomic E-state index is 5.33. The van der Waals surface area contributed by atoms with Gasteiger partial charge in [-0.25, -0.2) is 0 Å². The summed E-state index contributed by atoms with van der Waals surface area (Å²) >= 11 is 3.27. The standard InChI is InChI=1S/C13H19N5OS2/c1-8(2)10-14-11(19-17-10)9(3)20-13-16-15-12(21-13)18-6-4-5-7-18/h8-9H,4-7H2,1-3H3. The maximum Gasteiger partial charge on any atom is 0.239 e. The van der Waals surface area contributed by atoms with E-state index >= 15 is 0 Å². The van der Waals surface area contributed by atoms with Gasteiger partial charge in [0, 0.05) is 19.0 Å². The second kappa shape index (κ2) is 6.31. The van der Waals surface area contributed by atoms with Crippen LogP contribution in [0.3, 0.4) is 0 Å². The Labute approximate surface area is 132 Å². The summed E-state index contributed by atoms with van der Waals surface area (Å²) in [5, 5.41) is 13.7. The van der Waals surface area contributed by atoms with Gasteiger partial charge in [0.15, 0.2) is 10.2 Å².